The van der Waals surface area contributed by atoms with Crippen molar-refractivity contribution in [3.63, 3.8) is 0 Å². The number of benzene rings is 1. The van der Waals surface area contributed by atoms with Gasteiger partial charge in [0.2, 0.25) is 0 Å². The molecule has 1 aromatic heterocycles. The van der Waals surface area contributed by atoms with Crippen molar-refractivity contribution in [3.05, 3.63) is 40.7 Å². The van der Waals surface area contributed by atoms with Crippen LogP contribution in [0.25, 0.3) is 0 Å². The quantitative estimate of drug-likeness (QED) is 0.852. The van der Waals surface area contributed by atoms with Gasteiger partial charge in [-0.05, 0) is 12.1 Å². The van der Waals surface area contributed by atoms with E-state index in [0.717, 1.165) is 0 Å². The Labute approximate surface area is 127 Å². The lowest BCUT2D eigenvalue weighted by molar-refractivity contribution is 0.0967. The van der Waals surface area contributed by atoms with Crippen LogP contribution in [-0.4, -0.2) is 24.2 Å². The van der Waals surface area contributed by atoms with Crippen molar-refractivity contribution < 1.29 is 14.1 Å². The lowest BCUT2D eigenvalue weighted by Crippen LogP contribution is -2.38. The minimum atomic E-state index is -0.211. The summed E-state index contributed by atoms with van der Waals surface area (Å²) in [5, 5.41) is 4.36. The molecule has 0 aliphatic carbocycles. The first-order valence-corrected chi connectivity index (χ1v) is 7.15. The number of rotatable bonds is 2. The number of hydrogen-bond donors (Lipinski definition) is 0. The van der Waals surface area contributed by atoms with E-state index < -0.39 is 0 Å². The largest absolute Gasteiger partial charge is 0.488 e. The summed E-state index contributed by atoms with van der Waals surface area (Å²) in [5.74, 6) is 1.20. The number of hydrogen-bond acceptors (Lipinski definition) is 4. The molecular weight excluding hydrogens is 292 g/mol. The summed E-state index contributed by atoms with van der Waals surface area (Å²) < 4.78 is 10.7. The summed E-state index contributed by atoms with van der Waals surface area (Å²) in [7, 11) is 0. The second kappa shape index (κ2) is 5.41. The summed E-state index contributed by atoms with van der Waals surface area (Å²) >= 11 is 6.11. The van der Waals surface area contributed by atoms with Gasteiger partial charge in [0.25, 0.3) is 5.91 Å². The van der Waals surface area contributed by atoms with E-state index in [2.05, 4.69) is 5.16 Å². The zero-order valence-electron chi connectivity index (χ0n) is 11.8. The van der Waals surface area contributed by atoms with E-state index in [1.165, 1.54) is 0 Å². The molecule has 0 saturated carbocycles. The number of aromatic nitrogens is 1. The smallest absolute Gasteiger partial charge is 0.280 e. The molecule has 3 rings (SSSR count). The first-order valence-electron chi connectivity index (χ1n) is 6.77. The molecule has 21 heavy (non-hydrogen) atoms. The van der Waals surface area contributed by atoms with Crippen molar-refractivity contribution in [2.24, 2.45) is 0 Å². The Balaban J connectivity index is 1.94. The van der Waals surface area contributed by atoms with Gasteiger partial charge in [0.1, 0.15) is 12.4 Å². The van der Waals surface area contributed by atoms with E-state index in [4.69, 9.17) is 20.9 Å². The van der Waals surface area contributed by atoms with Crippen LogP contribution in [0.3, 0.4) is 0 Å². The molecule has 2 aromatic rings. The monoisotopic (exact) mass is 306 g/mol. The fourth-order valence-corrected chi connectivity index (χ4v) is 2.45. The highest BCUT2D eigenvalue weighted by Gasteiger charge is 2.28. The summed E-state index contributed by atoms with van der Waals surface area (Å²) in [5.41, 5.74) is 0.958. The van der Waals surface area contributed by atoms with Crippen LogP contribution in [0.4, 0.5) is 5.69 Å². The maximum atomic E-state index is 12.6. The van der Waals surface area contributed by atoms with Gasteiger partial charge in [0, 0.05) is 12.0 Å². The zero-order valence-corrected chi connectivity index (χ0v) is 12.6. The SMILES string of the molecule is CC(C)c1cc(C(=O)N2CCOc3c(Cl)cccc32)no1. The van der Waals surface area contributed by atoms with Gasteiger partial charge in [0.05, 0.1) is 17.3 Å². The van der Waals surface area contributed by atoms with Crippen molar-refractivity contribution in [1.29, 1.82) is 0 Å². The predicted molar refractivity (Wildman–Crippen MR) is 79.2 cm³/mol. The number of carbonyl (C=O) groups is 1. The number of carbonyl (C=O) groups excluding carboxylic acids is 1. The minimum Gasteiger partial charge on any atom is -0.488 e. The number of ether oxygens (including phenoxy) is 1. The van der Waals surface area contributed by atoms with E-state index in [1.807, 2.05) is 19.9 Å². The summed E-state index contributed by atoms with van der Waals surface area (Å²) in [6, 6.07) is 7.02. The molecule has 0 N–H and O–H groups in total. The number of amides is 1. The molecule has 0 atom stereocenters. The van der Waals surface area contributed by atoms with Gasteiger partial charge in [-0.3, -0.25) is 9.69 Å². The molecular formula is C15H15ClN2O3. The standard InChI is InChI=1S/C15H15ClN2O3/c1-9(2)13-8-11(17-21-13)15(19)18-6-7-20-14-10(16)4-3-5-12(14)18/h3-5,8-9H,6-7H2,1-2H3. The number of para-hydroxylation sites is 1. The molecule has 0 saturated heterocycles. The highest BCUT2D eigenvalue weighted by atomic mass is 35.5. The second-order valence-electron chi connectivity index (χ2n) is 5.16. The number of fused-ring (bicyclic) bond motifs is 1. The molecule has 6 heteroatoms. The van der Waals surface area contributed by atoms with Crippen LogP contribution in [0.1, 0.15) is 36.0 Å². The Morgan fingerprint density at radius 1 is 1.43 bits per heavy atom. The second-order valence-corrected chi connectivity index (χ2v) is 5.57. The molecule has 1 aliphatic heterocycles. The third-order valence-corrected chi connectivity index (χ3v) is 3.66. The maximum absolute atomic E-state index is 12.6. The molecule has 0 bridgehead atoms. The average molecular weight is 307 g/mol. The van der Waals surface area contributed by atoms with Gasteiger partial charge in [0.15, 0.2) is 11.4 Å². The molecule has 110 valence electrons. The molecule has 0 spiro atoms. The van der Waals surface area contributed by atoms with Crippen molar-refractivity contribution in [3.8, 4) is 5.75 Å². The number of nitrogens with zero attached hydrogens (tertiary/aromatic N) is 2. The molecule has 5 nitrogen and oxygen atoms in total. The fraction of sp³-hybridized carbons (Fsp3) is 0.333. The van der Waals surface area contributed by atoms with Crippen molar-refractivity contribution in [2.45, 2.75) is 19.8 Å². The average Bonchev–Trinajstić information content (AvgIpc) is 2.96. The van der Waals surface area contributed by atoms with Gasteiger partial charge in [-0.2, -0.15) is 0 Å². The van der Waals surface area contributed by atoms with Gasteiger partial charge >= 0.3 is 0 Å². The van der Waals surface area contributed by atoms with Gasteiger partial charge in [-0.1, -0.05) is 36.7 Å². The highest BCUT2D eigenvalue weighted by Crippen LogP contribution is 2.38. The highest BCUT2D eigenvalue weighted by molar-refractivity contribution is 6.32. The first-order chi connectivity index (χ1) is 10.1. The summed E-state index contributed by atoms with van der Waals surface area (Å²) in [4.78, 5) is 14.2. The van der Waals surface area contributed by atoms with E-state index in [0.29, 0.717) is 41.1 Å². The normalized spacial score (nSPS) is 14.0. The fourth-order valence-electron chi connectivity index (χ4n) is 2.22. The Morgan fingerprint density at radius 3 is 2.95 bits per heavy atom. The Bertz CT molecular complexity index is 681. The van der Waals surface area contributed by atoms with E-state index >= 15 is 0 Å². The van der Waals surface area contributed by atoms with E-state index in [-0.39, 0.29) is 11.8 Å². The van der Waals surface area contributed by atoms with Crippen molar-refractivity contribution in [1.82, 2.24) is 5.16 Å². The van der Waals surface area contributed by atoms with E-state index in [9.17, 15) is 4.79 Å². The lowest BCUT2D eigenvalue weighted by Gasteiger charge is -2.29. The lowest BCUT2D eigenvalue weighted by atomic mass is 10.1. The number of halogens is 1. The zero-order chi connectivity index (χ0) is 15.0. The summed E-state index contributed by atoms with van der Waals surface area (Å²) in [6.45, 7) is 4.82. The molecule has 0 fully saturated rings. The number of anilines is 1. The third kappa shape index (κ3) is 2.49. The first kappa shape index (κ1) is 13.9. The van der Waals surface area contributed by atoms with Crippen LogP contribution in [0.5, 0.6) is 5.75 Å². The molecule has 1 aliphatic rings. The van der Waals surface area contributed by atoms with Crippen LogP contribution in [0, 0.1) is 0 Å². The van der Waals surface area contributed by atoms with Gasteiger partial charge in [-0.15, -0.1) is 0 Å². The Kier molecular flexibility index (Phi) is 3.59. The van der Waals surface area contributed by atoms with Crippen LogP contribution in [0.15, 0.2) is 28.8 Å². The van der Waals surface area contributed by atoms with Crippen LogP contribution in [0.2, 0.25) is 5.02 Å². The van der Waals surface area contributed by atoms with Gasteiger partial charge < -0.3 is 9.26 Å². The molecule has 1 aromatic carbocycles. The van der Waals surface area contributed by atoms with E-state index in [1.54, 1.807) is 23.1 Å². The predicted octanol–water partition coefficient (Wildman–Crippen LogP) is 3.49. The molecule has 0 radical (unpaired) electrons. The summed E-state index contributed by atoms with van der Waals surface area (Å²) in [6.07, 6.45) is 0. The van der Waals surface area contributed by atoms with Crippen LogP contribution in [-0.2, 0) is 0 Å². The Morgan fingerprint density at radius 2 is 2.24 bits per heavy atom. The van der Waals surface area contributed by atoms with Crippen LogP contribution >= 0.6 is 11.6 Å². The van der Waals surface area contributed by atoms with Crippen molar-refractivity contribution >= 4 is 23.2 Å². The van der Waals surface area contributed by atoms with Gasteiger partial charge in [-0.25, -0.2) is 0 Å². The van der Waals surface area contributed by atoms with Crippen LogP contribution < -0.4 is 9.64 Å². The van der Waals surface area contributed by atoms with Crippen molar-refractivity contribution in [2.75, 3.05) is 18.1 Å². The molecule has 0 unspecified atom stereocenters. The topological polar surface area (TPSA) is 55.6 Å². The maximum Gasteiger partial charge on any atom is 0.280 e. The molecule has 2 heterocycles. The minimum absolute atomic E-state index is 0.186. The molecule has 1 amide bonds. The Hall–Kier alpha value is -2.01. The third-order valence-electron chi connectivity index (χ3n) is 3.36.